The molecule has 0 radical (unpaired) electrons. The number of hydrogen-bond acceptors (Lipinski definition) is 2. The van der Waals surface area contributed by atoms with Gasteiger partial charge in [0, 0.05) is 10.0 Å². The van der Waals surface area contributed by atoms with Crippen molar-refractivity contribution in [1.82, 2.24) is 0 Å². The summed E-state index contributed by atoms with van der Waals surface area (Å²) in [5.74, 6) is 6.09. The topological polar surface area (TPSA) is 18.5 Å². The molecule has 7 aromatic rings. The van der Waals surface area contributed by atoms with Crippen LogP contribution in [-0.4, -0.2) is 14.2 Å². The molecule has 0 heterocycles. The summed E-state index contributed by atoms with van der Waals surface area (Å²) >= 11 is 11.9. The number of benzene rings is 7. The summed E-state index contributed by atoms with van der Waals surface area (Å²) in [6, 6.07) is 54.0. The van der Waals surface area contributed by atoms with Crippen molar-refractivity contribution in [1.29, 1.82) is 0 Å². The zero-order chi connectivity index (χ0) is 56.1. The van der Waals surface area contributed by atoms with E-state index in [1.165, 1.54) is 66.8 Å². The quantitative estimate of drug-likeness (QED) is 0.143. The Morgan fingerprint density at radius 1 is 0.333 bits per heavy atom. The van der Waals surface area contributed by atoms with Gasteiger partial charge in [0.25, 0.3) is 0 Å². The molecule has 0 fully saturated rings. The summed E-state index contributed by atoms with van der Waals surface area (Å²) in [6.45, 7) is 41.5. The lowest BCUT2D eigenvalue weighted by Gasteiger charge is -2.12. The molecule has 0 spiro atoms. The van der Waals surface area contributed by atoms with Crippen LogP contribution in [0.15, 0.2) is 158 Å². The molecular weight excluding hydrogens is 956 g/mol. The maximum atomic E-state index is 5.96. The van der Waals surface area contributed by atoms with Crippen molar-refractivity contribution < 1.29 is 9.47 Å². The second-order valence-electron chi connectivity index (χ2n) is 21.1. The molecule has 0 saturated heterocycles. The summed E-state index contributed by atoms with van der Waals surface area (Å²) < 4.78 is 10.3. The van der Waals surface area contributed by atoms with Crippen LogP contribution in [0, 0.1) is 34.6 Å². The summed E-state index contributed by atoms with van der Waals surface area (Å²) in [5, 5.41) is 1.74. The largest absolute Gasteiger partial charge is 0.497 e. The minimum absolute atomic E-state index is 0. The van der Waals surface area contributed by atoms with E-state index in [4.69, 9.17) is 32.7 Å². The fourth-order valence-electron chi connectivity index (χ4n) is 8.28. The molecule has 0 aliphatic heterocycles. The third-order valence-corrected chi connectivity index (χ3v) is 13.4. The highest BCUT2D eigenvalue weighted by Crippen LogP contribution is 2.27. The predicted octanol–water partition coefficient (Wildman–Crippen LogP) is 23.2. The van der Waals surface area contributed by atoms with E-state index in [0.29, 0.717) is 41.4 Å². The van der Waals surface area contributed by atoms with E-state index in [9.17, 15) is 0 Å². The van der Waals surface area contributed by atoms with Gasteiger partial charge in [-0.3, -0.25) is 0 Å². The Kier molecular flexibility index (Phi) is 34.8. The molecule has 7 rings (SSSR count). The molecule has 0 aromatic heterocycles. The molecule has 4 heteroatoms. The molecular formula is C71H100Cl2O2. The fraction of sp³-hybridized carbons (Fsp3) is 0.408. The van der Waals surface area contributed by atoms with E-state index >= 15 is 0 Å². The Hall–Kier alpha value is -5.28. The van der Waals surface area contributed by atoms with Crippen LogP contribution in [0.4, 0.5) is 0 Å². The van der Waals surface area contributed by atoms with Crippen LogP contribution >= 0.6 is 23.2 Å². The summed E-state index contributed by atoms with van der Waals surface area (Å²) in [5.41, 5.74) is 16.4. The van der Waals surface area contributed by atoms with E-state index < -0.39 is 0 Å². The average Bonchev–Trinajstić information content (AvgIpc) is 3.36. The van der Waals surface area contributed by atoms with Crippen LogP contribution in [0.25, 0.3) is 0 Å². The van der Waals surface area contributed by atoms with Gasteiger partial charge in [0.05, 0.1) is 14.2 Å². The molecule has 0 N–H and O–H groups in total. The van der Waals surface area contributed by atoms with E-state index in [1.807, 2.05) is 66.7 Å². The molecule has 0 unspecified atom stereocenters. The fourth-order valence-corrected chi connectivity index (χ4v) is 8.82. The number of hydrogen-bond donors (Lipinski definition) is 0. The van der Waals surface area contributed by atoms with E-state index in [2.05, 4.69) is 223 Å². The third-order valence-electron chi connectivity index (χ3n) is 12.6. The minimum atomic E-state index is 0. The number of para-hydroxylation sites is 1. The predicted molar refractivity (Wildman–Crippen MR) is 337 cm³/mol. The first-order chi connectivity index (χ1) is 34.9. The first-order valence-electron chi connectivity index (χ1n) is 26.8. The highest BCUT2D eigenvalue weighted by atomic mass is 35.5. The van der Waals surface area contributed by atoms with Crippen molar-refractivity contribution in [3.8, 4) is 11.5 Å². The summed E-state index contributed by atoms with van der Waals surface area (Å²) in [7, 11) is 3.39. The lowest BCUT2D eigenvalue weighted by Crippen LogP contribution is -1.94. The van der Waals surface area contributed by atoms with Crippen molar-refractivity contribution in [2.45, 2.75) is 180 Å². The van der Waals surface area contributed by atoms with Gasteiger partial charge in [-0.15, -0.1) is 0 Å². The first kappa shape index (κ1) is 69.7. The molecule has 7 aromatic carbocycles. The molecule has 0 amide bonds. The van der Waals surface area contributed by atoms with Crippen LogP contribution in [0.1, 0.15) is 213 Å². The molecule has 410 valence electrons. The third kappa shape index (κ3) is 26.4. The molecule has 2 nitrogen and oxygen atoms in total. The van der Waals surface area contributed by atoms with Gasteiger partial charge in [0.15, 0.2) is 0 Å². The summed E-state index contributed by atoms with van der Waals surface area (Å²) in [6.07, 6.45) is 0. The zero-order valence-corrected chi connectivity index (χ0v) is 51.1. The monoisotopic (exact) mass is 1050 g/mol. The number of aryl methyl sites for hydroxylation is 4. The van der Waals surface area contributed by atoms with Gasteiger partial charge in [-0.25, -0.2) is 0 Å². The van der Waals surface area contributed by atoms with Crippen molar-refractivity contribution >= 4 is 23.2 Å². The number of halogens is 2. The Balaban J connectivity index is 0.000000851. The van der Waals surface area contributed by atoms with Gasteiger partial charge in [0.2, 0.25) is 0 Å². The van der Waals surface area contributed by atoms with Gasteiger partial charge in [-0.2, -0.15) is 0 Å². The maximum absolute atomic E-state index is 5.96. The van der Waals surface area contributed by atoms with E-state index in [0.717, 1.165) is 21.5 Å². The van der Waals surface area contributed by atoms with Crippen molar-refractivity contribution in [3.63, 3.8) is 0 Å². The Labute approximate surface area is 470 Å². The minimum Gasteiger partial charge on any atom is -0.497 e. The molecule has 75 heavy (non-hydrogen) atoms. The second kappa shape index (κ2) is 37.5. The molecule has 0 saturated carbocycles. The standard InChI is InChI=1S/2C11H16.C10H13Cl.2C10H14O.C9H11Cl.C9H12.CH4/c1-8(2)11-7-9(3)5-6-10(11)4;1-8(2)11-9(3)6-5-7-10(11)4;1-7(2)9-5-4-6-10(11)8(9)3;1-8(2)9-4-6-10(11-3)7-5-9;1-8(2)9-6-4-5-7-10(9)11-3;1-7(2)8-5-3-4-6-9(8)10;1-8(2)9-6-4-3-5-7-9;/h2*5-8H,1-4H3;4-7H,1-3H3;2*4-8H,1-3H3;3-7H,1-2H3;3-8H,1-2H3;1H4. The van der Waals surface area contributed by atoms with Gasteiger partial charge >= 0.3 is 0 Å². The van der Waals surface area contributed by atoms with E-state index in [-0.39, 0.29) is 7.43 Å². The molecule has 0 aliphatic rings. The van der Waals surface area contributed by atoms with Crippen LogP contribution in [0.2, 0.25) is 10.0 Å². The molecule has 0 bridgehead atoms. The number of ether oxygens (including phenoxy) is 2. The van der Waals surface area contributed by atoms with Gasteiger partial charge < -0.3 is 9.47 Å². The van der Waals surface area contributed by atoms with Gasteiger partial charge in [0.1, 0.15) is 11.5 Å². The molecule has 0 atom stereocenters. The Morgan fingerprint density at radius 2 is 0.760 bits per heavy atom. The molecule has 0 aliphatic carbocycles. The van der Waals surface area contributed by atoms with Gasteiger partial charge in [-0.1, -0.05) is 261 Å². The normalized spacial score (nSPS) is 10.3. The second-order valence-corrected chi connectivity index (χ2v) is 22.0. The first-order valence-corrected chi connectivity index (χ1v) is 27.6. The zero-order valence-electron chi connectivity index (χ0n) is 49.6. The Bertz CT molecular complexity index is 2560. The number of rotatable bonds is 9. The van der Waals surface area contributed by atoms with Crippen LogP contribution in [0.3, 0.4) is 0 Å². The SMILES string of the molecule is C.CC(C)c1ccccc1.CC(C)c1ccccc1Cl.COc1ccc(C(C)C)cc1.COc1ccccc1C(C)C.Cc1c(Cl)cccc1C(C)C.Cc1ccc(C)c(C(C)C)c1.Cc1cccc(C)c1C(C)C. The van der Waals surface area contributed by atoms with Crippen molar-refractivity contribution in [3.05, 3.63) is 235 Å². The van der Waals surface area contributed by atoms with Crippen molar-refractivity contribution in [2.24, 2.45) is 0 Å². The van der Waals surface area contributed by atoms with Gasteiger partial charge in [-0.05, 0) is 168 Å². The smallest absolute Gasteiger partial charge is 0.122 e. The lowest BCUT2D eigenvalue weighted by molar-refractivity contribution is 0.407. The van der Waals surface area contributed by atoms with Crippen LogP contribution in [-0.2, 0) is 0 Å². The highest BCUT2D eigenvalue weighted by Gasteiger charge is 2.07. The van der Waals surface area contributed by atoms with Crippen molar-refractivity contribution in [2.75, 3.05) is 14.2 Å². The number of methoxy groups -OCH3 is 2. The maximum Gasteiger partial charge on any atom is 0.122 e. The highest BCUT2D eigenvalue weighted by molar-refractivity contribution is 6.31. The lowest BCUT2D eigenvalue weighted by atomic mass is 9.94. The van der Waals surface area contributed by atoms with E-state index in [1.54, 1.807) is 14.2 Å². The average molecular weight is 1060 g/mol. The van der Waals surface area contributed by atoms with Crippen LogP contribution in [0.5, 0.6) is 11.5 Å². The Morgan fingerprint density at radius 3 is 1.13 bits per heavy atom. The summed E-state index contributed by atoms with van der Waals surface area (Å²) in [4.78, 5) is 0. The van der Waals surface area contributed by atoms with Crippen LogP contribution < -0.4 is 9.47 Å².